The van der Waals surface area contributed by atoms with Gasteiger partial charge in [-0.25, -0.2) is 0 Å². The minimum atomic E-state index is 0.170. The molecular weight excluding hydrogens is 248 g/mol. The van der Waals surface area contributed by atoms with Gasteiger partial charge in [0.2, 0.25) is 0 Å². The quantitative estimate of drug-likeness (QED) is 0.476. The van der Waals surface area contributed by atoms with Gasteiger partial charge in [0.1, 0.15) is 5.75 Å². The first-order valence-electron chi connectivity index (χ1n) is 7.93. The van der Waals surface area contributed by atoms with Crippen molar-refractivity contribution in [1.29, 1.82) is 0 Å². The van der Waals surface area contributed by atoms with Gasteiger partial charge >= 0.3 is 0 Å². The minimum absolute atomic E-state index is 0.170. The molecule has 0 heterocycles. The maximum atomic E-state index is 5.90. The molecule has 0 saturated carbocycles. The van der Waals surface area contributed by atoms with Gasteiger partial charge in [-0.2, -0.15) is 0 Å². The summed E-state index contributed by atoms with van der Waals surface area (Å²) in [6.45, 7) is 7.29. The molecule has 0 bridgehead atoms. The van der Waals surface area contributed by atoms with Crippen molar-refractivity contribution in [1.82, 2.24) is 0 Å². The zero-order valence-electron chi connectivity index (χ0n) is 13.2. The topological polar surface area (TPSA) is 47.3 Å². The third-order valence-corrected chi connectivity index (χ3v) is 3.16. The second-order valence-electron chi connectivity index (χ2n) is 5.65. The van der Waals surface area contributed by atoms with Crippen LogP contribution in [0.2, 0.25) is 0 Å². The molecule has 3 N–H and O–H groups in total. The second-order valence-corrected chi connectivity index (χ2v) is 5.65. The number of nitrogen functional groups attached to an aromatic ring is 1. The van der Waals surface area contributed by atoms with E-state index in [-0.39, 0.29) is 6.10 Å². The van der Waals surface area contributed by atoms with Crippen LogP contribution in [0.1, 0.15) is 59.3 Å². The highest BCUT2D eigenvalue weighted by Crippen LogP contribution is 2.23. The van der Waals surface area contributed by atoms with Crippen molar-refractivity contribution in [3.8, 4) is 5.75 Å². The van der Waals surface area contributed by atoms with E-state index in [2.05, 4.69) is 12.2 Å². The lowest BCUT2D eigenvalue weighted by Crippen LogP contribution is -2.07. The SMILES string of the molecule is CCCCCCCCNc1cc(N)cc(OC(C)C)c1. The van der Waals surface area contributed by atoms with Gasteiger partial charge in [0.15, 0.2) is 0 Å². The number of nitrogens with two attached hydrogens (primary N) is 1. The largest absolute Gasteiger partial charge is 0.491 e. The molecular formula is C17H30N2O. The van der Waals surface area contributed by atoms with Gasteiger partial charge in [-0.1, -0.05) is 39.0 Å². The highest BCUT2D eigenvalue weighted by Gasteiger charge is 2.02. The third-order valence-electron chi connectivity index (χ3n) is 3.16. The van der Waals surface area contributed by atoms with E-state index in [0.29, 0.717) is 0 Å². The van der Waals surface area contributed by atoms with E-state index in [1.807, 2.05) is 32.0 Å². The Labute approximate surface area is 123 Å². The van der Waals surface area contributed by atoms with Crippen molar-refractivity contribution in [3.63, 3.8) is 0 Å². The van der Waals surface area contributed by atoms with Crippen LogP contribution in [0.5, 0.6) is 5.75 Å². The molecule has 3 nitrogen and oxygen atoms in total. The minimum Gasteiger partial charge on any atom is -0.491 e. The number of hydrogen-bond acceptors (Lipinski definition) is 3. The fourth-order valence-electron chi connectivity index (χ4n) is 2.20. The normalized spacial score (nSPS) is 10.8. The Morgan fingerprint density at radius 3 is 2.45 bits per heavy atom. The van der Waals surface area contributed by atoms with Crippen LogP contribution in [0, 0.1) is 0 Å². The van der Waals surface area contributed by atoms with Gasteiger partial charge in [-0.15, -0.1) is 0 Å². The van der Waals surface area contributed by atoms with E-state index in [0.717, 1.165) is 23.7 Å². The molecule has 114 valence electrons. The molecule has 0 amide bonds. The number of unbranched alkanes of at least 4 members (excludes halogenated alkanes) is 5. The predicted molar refractivity (Wildman–Crippen MR) is 88.5 cm³/mol. The lowest BCUT2D eigenvalue weighted by atomic mass is 10.1. The summed E-state index contributed by atoms with van der Waals surface area (Å²) in [5.41, 5.74) is 7.69. The molecule has 1 rings (SSSR count). The second kappa shape index (κ2) is 9.51. The highest BCUT2D eigenvalue weighted by atomic mass is 16.5. The van der Waals surface area contributed by atoms with Crippen LogP contribution < -0.4 is 15.8 Å². The van der Waals surface area contributed by atoms with E-state index in [9.17, 15) is 0 Å². The lowest BCUT2D eigenvalue weighted by Gasteiger charge is -2.13. The molecule has 20 heavy (non-hydrogen) atoms. The fraction of sp³-hybridized carbons (Fsp3) is 0.647. The van der Waals surface area contributed by atoms with Gasteiger partial charge < -0.3 is 15.8 Å². The van der Waals surface area contributed by atoms with Crippen LogP contribution in [0.25, 0.3) is 0 Å². The zero-order chi connectivity index (χ0) is 14.8. The average Bonchev–Trinajstić information content (AvgIpc) is 2.36. The first-order chi connectivity index (χ1) is 9.61. The summed E-state index contributed by atoms with van der Waals surface area (Å²) in [5, 5.41) is 3.43. The monoisotopic (exact) mass is 278 g/mol. The number of nitrogens with one attached hydrogen (secondary N) is 1. The summed E-state index contributed by atoms with van der Waals surface area (Å²) >= 11 is 0. The van der Waals surface area contributed by atoms with E-state index >= 15 is 0 Å². The van der Waals surface area contributed by atoms with Gasteiger partial charge in [0, 0.05) is 30.1 Å². The molecule has 0 saturated heterocycles. The van der Waals surface area contributed by atoms with Gasteiger partial charge in [-0.3, -0.25) is 0 Å². The Kier molecular flexibility index (Phi) is 7.93. The molecule has 0 spiro atoms. The van der Waals surface area contributed by atoms with E-state index in [1.54, 1.807) is 0 Å². The highest BCUT2D eigenvalue weighted by molar-refractivity contribution is 5.59. The van der Waals surface area contributed by atoms with E-state index < -0.39 is 0 Å². The maximum Gasteiger partial charge on any atom is 0.123 e. The standard InChI is InChI=1S/C17H30N2O/c1-4-5-6-7-8-9-10-19-16-11-15(18)12-17(13-16)20-14(2)3/h11-14,19H,4-10,18H2,1-3H3. The van der Waals surface area contributed by atoms with Crippen molar-refractivity contribution < 1.29 is 4.74 Å². The Morgan fingerprint density at radius 1 is 1.05 bits per heavy atom. The van der Waals surface area contributed by atoms with Crippen LogP contribution in [-0.2, 0) is 0 Å². The molecule has 0 aliphatic rings. The summed E-state index contributed by atoms with van der Waals surface area (Å²) in [7, 11) is 0. The first-order valence-corrected chi connectivity index (χ1v) is 7.93. The Morgan fingerprint density at radius 2 is 1.75 bits per heavy atom. The lowest BCUT2D eigenvalue weighted by molar-refractivity contribution is 0.242. The van der Waals surface area contributed by atoms with E-state index in [1.165, 1.54) is 38.5 Å². The van der Waals surface area contributed by atoms with Crippen LogP contribution in [0.15, 0.2) is 18.2 Å². The Bertz CT molecular complexity index is 377. The zero-order valence-corrected chi connectivity index (χ0v) is 13.2. The molecule has 0 aromatic heterocycles. The molecule has 0 aliphatic carbocycles. The molecule has 0 atom stereocenters. The van der Waals surface area contributed by atoms with Crippen molar-refractivity contribution in [2.45, 2.75) is 65.4 Å². The molecule has 1 aromatic carbocycles. The Balaban J connectivity index is 2.30. The van der Waals surface area contributed by atoms with Gasteiger partial charge in [0.25, 0.3) is 0 Å². The molecule has 3 heteroatoms. The fourth-order valence-corrected chi connectivity index (χ4v) is 2.20. The van der Waals surface area contributed by atoms with Crippen molar-refractivity contribution in [3.05, 3.63) is 18.2 Å². The van der Waals surface area contributed by atoms with E-state index in [4.69, 9.17) is 10.5 Å². The number of hydrogen-bond donors (Lipinski definition) is 2. The van der Waals surface area contributed by atoms with Crippen LogP contribution in [-0.4, -0.2) is 12.6 Å². The van der Waals surface area contributed by atoms with Crippen LogP contribution >= 0.6 is 0 Å². The molecule has 0 aliphatic heterocycles. The van der Waals surface area contributed by atoms with Crippen LogP contribution in [0.4, 0.5) is 11.4 Å². The molecule has 1 aromatic rings. The maximum absolute atomic E-state index is 5.90. The average molecular weight is 278 g/mol. The summed E-state index contributed by atoms with van der Waals surface area (Å²) < 4.78 is 5.69. The summed E-state index contributed by atoms with van der Waals surface area (Å²) in [5.74, 6) is 0.838. The van der Waals surface area contributed by atoms with Crippen molar-refractivity contribution in [2.75, 3.05) is 17.6 Å². The Hall–Kier alpha value is -1.38. The predicted octanol–water partition coefficient (Wildman–Crippen LogP) is 4.83. The number of anilines is 2. The molecule has 0 unspecified atom stereocenters. The molecule has 0 fully saturated rings. The van der Waals surface area contributed by atoms with Gasteiger partial charge in [0.05, 0.1) is 6.10 Å². The number of rotatable bonds is 10. The summed E-state index contributed by atoms with van der Waals surface area (Å²) in [4.78, 5) is 0. The number of ether oxygens (including phenoxy) is 1. The molecule has 0 radical (unpaired) electrons. The van der Waals surface area contributed by atoms with Crippen LogP contribution in [0.3, 0.4) is 0 Å². The smallest absolute Gasteiger partial charge is 0.123 e. The van der Waals surface area contributed by atoms with Crippen molar-refractivity contribution in [2.24, 2.45) is 0 Å². The van der Waals surface area contributed by atoms with Crippen molar-refractivity contribution >= 4 is 11.4 Å². The number of benzene rings is 1. The third kappa shape index (κ3) is 7.27. The summed E-state index contributed by atoms with van der Waals surface area (Å²) in [6.07, 6.45) is 8.04. The summed E-state index contributed by atoms with van der Waals surface area (Å²) in [6, 6.07) is 5.85. The van der Waals surface area contributed by atoms with Gasteiger partial charge in [-0.05, 0) is 26.3 Å². The first kappa shape index (κ1) is 16.7.